The second-order valence-corrected chi connectivity index (χ2v) is 9.89. The first kappa shape index (κ1) is 28.4. The van der Waals surface area contributed by atoms with Crippen molar-refractivity contribution in [3.05, 3.63) is 0 Å². The quantitative estimate of drug-likeness (QED) is 0.136. The van der Waals surface area contributed by atoms with Crippen LogP contribution in [-0.4, -0.2) is 42.7 Å². The van der Waals surface area contributed by atoms with Gasteiger partial charge < -0.3 is 9.59 Å². The average molecular weight is 413 g/mol. The molecular formula is C26H54NO2+. The lowest BCUT2D eigenvalue weighted by atomic mass is 10.0. The number of carboxylic acid groups (broad SMARTS) is 1. The lowest BCUT2D eigenvalue weighted by Crippen LogP contribution is -2.41. The van der Waals surface area contributed by atoms with Crippen molar-refractivity contribution in [2.75, 3.05) is 27.2 Å². The summed E-state index contributed by atoms with van der Waals surface area (Å²) < 4.78 is 1.15. The second kappa shape index (κ2) is 20.7. The highest BCUT2D eigenvalue weighted by molar-refractivity contribution is 5.66. The minimum atomic E-state index is -0.657. The molecule has 0 amide bonds. The molecule has 0 fully saturated rings. The van der Waals surface area contributed by atoms with E-state index in [0.717, 1.165) is 17.3 Å². The second-order valence-electron chi connectivity index (χ2n) is 9.89. The Hall–Kier alpha value is -0.570. The molecule has 29 heavy (non-hydrogen) atoms. The Morgan fingerprint density at radius 2 is 0.862 bits per heavy atom. The summed E-state index contributed by atoms with van der Waals surface area (Å²) in [7, 11) is 4.74. The Balaban J connectivity index is 3.30. The van der Waals surface area contributed by atoms with Crippen LogP contribution in [0.1, 0.15) is 135 Å². The summed E-state index contributed by atoms with van der Waals surface area (Å²) in [6.45, 7) is 4.85. The minimum Gasteiger partial charge on any atom is -0.481 e. The first-order valence-corrected chi connectivity index (χ1v) is 13.0. The van der Waals surface area contributed by atoms with E-state index in [1.165, 1.54) is 122 Å². The van der Waals surface area contributed by atoms with Gasteiger partial charge in [-0.1, -0.05) is 96.8 Å². The SMILES string of the molecule is CCCCCCCCCCCCCCCC[N+](C)(C)CCCCCCCC(=O)O. The number of aliphatic carboxylic acids is 1. The largest absolute Gasteiger partial charge is 0.481 e. The van der Waals surface area contributed by atoms with Gasteiger partial charge in [0.1, 0.15) is 0 Å². The Morgan fingerprint density at radius 3 is 1.21 bits per heavy atom. The van der Waals surface area contributed by atoms with Gasteiger partial charge in [0, 0.05) is 6.42 Å². The summed E-state index contributed by atoms with van der Waals surface area (Å²) in [5, 5.41) is 8.65. The zero-order valence-corrected chi connectivity index (χ0v) is 20.4. The van der Waals surface area contributed by atoms with Crippen molar-refractivity contribution >= 4 is 5.97 Å². The normalized spacial score (nSPS) is 11.8. The number of unbranched alkanes of at least 4 members (excludes halogenated alkanes) is 17. The molecule has 0 aromatic heterocycles. The Bertz CT molecular complexity index is 355. The van der Waals surface area contributed by atoms with Gasteiger partial charge in [0.2, 0.25) is 0 Å². The molecule has 0 radical (unpaired) electrons. The highest BCUT2D eigenvalue weighted by Gasteiger charge is 2.13. The number of hydrogen-bond acceptors (Lipinski definition) is 1. The molecule has 0 aromatic carbocycles. The van der Waals surface area contributed by atoms with Crippen LogP contribution in [0.15, 0.2) is 0 Å². The van der Waals surface area contributed by atoms with Gasteiger partial charge in [-0.05, 0) is 32.1 Å². The van der Waals surface area contributed by atoms with E-state index in [4.69, 9.17) is 5.11 Å². The molecule has 0 aromatic rings. The fourth-order valence-electron chi connectivity index (χ4n) is 4.19. The van der Waals surface area contributed by atoms with E-state index >= 15 is 0 Å². The van der Waals surface area contributed by atoms with E-state index in [1.54, 1.807) is 0 Å². The van der Waals surface area contributed by atoms with Crippen LogP contribution < -0.4 is 0 Å². The maximum Gasteiger partial charge on any atom is 0.303 e. The first-order valence-electron chi connectivity index (χ1n) is 13.0. The standard InChI is InChI=1S/C26H53NO2/c1-4-5-6-7-8-9-10-11-12-13-14-15-18-21-24-27(2,3)25-22-19-16-17-20-23-26(28)29/h4-25H2,1-3H3/p+1. The van der Waals surface area contributed by atoms with Crippen molar-refractivity contribution in [2.24, 2.45) is 0 Å². The Morgan fingerprint density at radius 1 is 0.552 bits per heavy atom. The van der Waals surface area contributed by atoms with Crippen LogP contribution in [-0.2, 0) is 4.79 Å². The lowest BCUT2D eigenvalue weighted by molar-refractivity contribution is -0.890. The van der Waals surface area contributed by atoms with Crippen molar-refractivity contribution in [1.82, 2.24) is 0 Å². The molecule has 174 valence electrons. The van der Waals surface area contributed by atoms with Gasteiger partial charge >= 0.3 is 5.97 Å². The zero-order chi connectivity index (χ0) is 21.6. The molecule has 0 unspecified atom stereocenters. The molecule has 1 N–H and O–H groups in total. The van der Waals surface area contributed by atoms with Gasteiger partial charge in [-0.25, -0.2) is 0 Å². The van der Waals surface area contributed by atoms with Crippen molar-refractivity contribution in [1.29, 1.82) is 0 Å². The number of rotatable bonds is 23. The summed E-state index contributed by atoms with van der Waals surface area (Å²) >= 11 is 0. The van der Waals surface area contributed by atoms with Gasteiger partial charge in [-0.2, -0.15) is 0 Å². The summed E-state index contributed by atoms with van der Waals surface area (Å²) in [6, 6.07) is 0. The third kappa shape index (κ3) is 23.6. The van der Waals surface area contributed by atoms with Crippen LogP contribution in [0.4, 0.5) is 0 Å². The van der Waals surface area contributed by atoms with Gasteiger partial charge in [-0.3, -0.25) is 4.79 Å². The maximum atomic E-state index is 10.5. The van der Waals surface area contributed by atoms with Crippen molar-refractivity contribution in [3.8, 4) is 0 Å². The molecule has 0 aliphatic carbocycles. The number of carbonyl (C=O) groups is 1. The summed E-state index contributed by atoms with van der Waals surface area (Å²) in [5.41, 5.74) is 0. The molecule has 0 heterocycles. The topological polar surface area (TPSA) is 37.3 Å². The van der Waals surface area contributed by atoms with Gasteiger partial charge in [-0.15, -0.1) is 0 Å². The fourth-order valence-corrected chi connectivity index (χ4v) is 4.19. The highest BCUT2D eigenvalue weighted by Crippen LogP contribution is 2.14. The number of nitrogens with zero attached hydrogens (tertiary/aromatic N) is 1. The number of carboxylic acids is 1. The molecule has 0 aliphatic rings. The van der Waals surface area contributed by atoms with Crippen molar-refractivity contribution in [2.45, 2.75) is 135 Å². The highest BCUT2D eigenvalue weighted by atomic mass is 16.4. The van der Waals surface area contributed by atoms with Gasteiger partial charge in [0.05, 0.1) is 27.2 Å². The molecule has 0 spiro atoms. The molecule has 0 bridgehead atoms. The molecule has 0 aliphatic heterocycles. The predicted octanol–water partition coefficient (Wildman–Crippen LogP) is 7.97. The van der Waals surface area contributed by atoms with Crippen LogP contribution in [0.5, 0.6) is 0 Å². The van der Waals surface area contributed by atoms with Crippen molar-refractivity contribution < 1.29 is 14.4 Å². The zero-order valence-electron chi connectivity index (χ0n) is 20.4. The van der Waals surface area contributed by atoms with E-state index in [-0.39, 0.29) is 0 Å². The average Bonchev–Trinajstić information content (AvgIpc) is 2.67. The Labute approximate surface area is 183 Å². The van der Waals surface area contributed by atoms with Crippen LogP contribution in [0.2, 0.25) is 0 Å². The maximum absolute atomic E-state index is 10.5. The van der Waals surface area contributed by atoms with E-state index in [9.17, 15) is 4.79 Å². The third-order valence-corrected chi connectivity index (χ3v) is 6.27. The summed E-state index contributed by atoms with van der Waals surface area (Å²) in [4.78, 5) is 10.5. The molecule has 3 nitrogen and oxygen atoms in total. The van der Waals surface area contributed by atoms with Crippen LogP contribution in [0.3, 0.4) is 0 Å². The lowest BCUT2D eigenvalue weighted by Gasteiger charge is -2.30. The van der Waals surface area contributed by atoms with E-state index in [0.29, 0.717) is 6.42 Å². The predicted molar refractivity (Wildman–Crippen MR) is 127 cm³/mol. The van der Waals surface area contributed by atoms with Crippen LogP contribution >= 0.6 is 0 Å². The van der Waals surface area contributed by atoms with E-state index in [2.05, 4.69) is 21.0 Å². The molecule has 0 atom stereocenters. The number of quaternary nitrogens is 1. The van der Waals surface area contributed by atoms with E-state index < -0.39 is 5.97 Å². The first-order chi connectivity index (χ1) is 14.0. The fraction of sp³-hybridized carbons (Fsp3) is 0.962. The Kier molecular flexibility index (Phi) is 20.3. The van der Waals surface area contributed by atoms with Crippen LogP contribution in [0.25, 0.3) is 0 Å². The van der Waals surface area contributed by atoms with Crippen molar-refractivity contribution in [3.63, 3.8) is 0 Å². The molecular weight excluding hydrogens is 358 g/mol. The third-order valence-electron chi connectivity index (χ3n) is 6.27. The molecule has 3 heteroatoms. The van der Waals surface area contributed by atoms with Gasteiger partial charge in [0.15, 0.2) is 0 Å². The summed E-state index contributed by atoms with van der Waals surface area (Å²) in [5.74, 6) is -0.657. The minimum absolute atomic E-state index is 0.334. The smallest absolute Gasteiger partial charge is 0.303 e. The van der Waals surface area contributed by atoms with E-state index in [1.807, 2.05) is 0 Å². The molecule has 0 rings (SSSR count). The molecule has 0 saturated carbocycles. The summed E-state index contributed by atoms with van der Waals surface area (Å²) in [6.07, 6.45) is 26.0. The van der Waals surface area contributed by atoms with Crippen LogP contribution in [0, 0.1) is 0 Å². The van der Waals surface area contributed by atoms with Gasteiger partial charge in [0.25, 0.3) is 0 Å². The number of hydrogen-bond donors (Lipinski definition) is 1. The monoisotopic (exact) mass is 412 g/mol. The molecule has 0 saturated heterocycles.